The van der Waals surface area contributed by atoms with E-state index in [0.29, 0.717) is 36.0 Å². The minimum atomic E-state index is -4.35. The fraction of sp³-hybridized carbons (Fsp3) is 0.257. The highest BCUT2D eigenvalue weighted by Gasteiger charge is 2.46. The van der Waals surface area contributed by atoms with Crippen LogP contribution in [0.2, 0.25) is 5.15 Å². The quantitative estimate of drug-likeness (QED) is 0.221. The summed E-state index contributed by atoms with van der Waals surface area (Å²) in [5.74, 6) is 0. The van der Waals surface area contributed by atoms with Crippen LogP contribution >= 0.6 is 11.6 Å². The van der Waals surface area contributed by atoms with Crippen molar-refractivity contribution in [3.8, 4) is 17.2 Å². The number of urea groups is 1. The summed E-state index contributed by atoms with van der Waals surface area (Å²) < 4.78 is 38.7. The van der Waals surface area contributed by atoms with Gasteiger partial charge in [0, 0.05) is 48.7 Å². The second-order valence-electron chi connectivity index (χ2n) is 11.6. The number of halogens is 4. The molecule has 0 saturated carbocycles. The number of carbonyl (C=O) groups excluding carboxylic acids is 1. The molecule has 4 aromatic rings. The molecule has 2 aliphatic rings. The zero-order valence-corrected chi connectivity index (χ0v) is 25.5. The molecule has 1 saturated heterocycles. The maximum absolute atomic E-state index is 13.6. The number of nitriles is 1. The average molecular weight is 643 g/mol. The van der Waals surface area contributed by atoms with Gasteiger partial charge in [0.05, 0.1) is 5.56 Å². The Kier molecular flexibility index (Phi) is 8.80. The Morgan fingerprint density at radius 3 is 2.46 bits per heavy atom. The van der Waals surface area contributed by atoms with Crippen molar-refractivity contribution in [3.63, 3.8) is 0 Å². The van der Waals surface area contributed by atoms with E-state index in [9.17, 15) is 18.0 Å². The molecule has 6 rings (SSSR count). The lowest BCUT2D eigenvalue weighted by Crippen LogP contribution is -2.47. The van der Waals surface area contributed by atoms with Crippen LogP contribution in [0.15, 0.2) is 85.2 Å². The van der Waals surface area contributed by atoms with Gasteiger partial charge in [-0.05, 0) is 96.7 Å². The Labute approximate surface area is 270 Å². The Balaban J connectivity index is 1.19. The van der Waals surface area contributed by atoms with E-state index in [0.717, 1.165) is 66.0 Å². The maximum Gasteiger partial charge on any atom is 0.416 e. The van der Waals surface area contributed by atoms with E-state index in [2.05, 4.69) is 32.3 Å². The molecule has 1 spiro atoms. The molecule has 0 bridgehead atoms. The molecule has 2 aliphatic heterocycles. The Morgan fingerprint density at radius 2 is 1.78 bits per heavy atom. The summed E-state index contributed by atoms with van der Waals surface area (Å²) in [6.07, 6.45) is 4.42. The monoisotopic (exact) mass is 642 g/mol. The van der Waals surface area contributed by atoms with Gasteiger partial charge in [-0.3, -0.25) is 9.80 Å². The third kappa shape index (κ3) is 6.76. The molecule has 2 amide bonds. The first-order chi connectivity index (χ1) is 22.1. The van der Waals surface area contributed by atoms with Crippen molar-refractivity contribution in [1.82, 2.24) is 20.2 Å². The van der Waals surface area contributed by atoms with E-state index in [-0.39, 0.29) is 11.4 Å². The SMILES string of the molecule is N#Cc1ccc(-c2ccc3c(c2)C2(CCN(C/C=C/c4ccc(C(F)(F)F)cc4)CC2)CN3C(=O)NCc2ccnc(Cl)c2)cn1. The van der Waals surface area contributed by atoms with E-state index >= 15 is 0 Å². The Hall–Kier alpha value is -4.72. The molecule has 4 heterocycles. The van der Waals surface area contributed by atoms with Crippen LogP contribution in [0.3, 0.4) is 0 Å². The van der Waals surface area contributed by atoms with Crippen molar-refractivity contribution in [2.45, 2.75) is 31.0 Å². The van der Waals surface area contributed by atoms with E-state index in [1.807, 2.05) is 41.3 Å². The van der Waals surface area contributed by atoms with Crippen LogP contribution in [-0.4, -0.2) is 47.1 Å². The number of hydrogen-bond donors (Lipinski definition) is 1. The topological polar surface area (TPSA) is 85.2 Å². The molecule has 0 unspecified atom stereocenters. The smallest absolute Gasteiger partial charge is 0.334 e. The van der Waals surface area contributed by atoms with Gasteiger partial charge >= 0.3 is 12.2 Å². The van der Waals surface area contributed by atoms with E-state index in [1.165, 1.54) is 12.1 Å². The molecule has 0 aliphatic carbocycles. The largest absolute Gasteiger partial charge is 0.416 e. The number of nitrogens with one attached hydrogen (secondary N) is 1. The summed E-state index contributed by atoms with van der Waals surface area (Å²) in [6.45, 7) is 3.11. The van der Waals surface area contributed by atoms with Crippen LogP contribution < -0.4 is 10.2 Å². The summed E-state index contributed by atoms with van der Waals surface area (Å²) in [4.78, 5) is 25.9. The maximum atomic E-state index is 13.6. The van der Waals surface area contributed by atoms with Crippen LogP contribution in [0, 0.1) is 11.3 Å². The Bertz CT molecular complexity index is 1790. The second kappa shape index (κ2) is 12.9. The fourth-order valence-electron chi connectivity index (χ4n) is 6.20. The van der Waals surface area contributed by atoms with E-state index in [1.54, 1.807) is 24.5 Å². The summed E-state index contributed by atoms with van der Waals surface area (Å²) in [5, 5.41) is 12.6. The zero-order chi connectivity index (χ0) is 32.3. The predicted octanol–water partition coefficient (Wildman–Crippen LogP) is 7.46. The standard InChI is InChI=1S/C35H30ClF3N6O/c36-32-18-25(11-14-41-32)21-43-33(46)45-23-34(30-19-26(6-10-31(30)45)27-5-9-29(20-40)42-22-27)12-16-44(17-13-34)15-1-2-24-3-7-28(8-4-24)35(37,38)39/h1-11,14,18-19,22H,12-13,15-17,21,23H2,(H,43,46)/b2-1+. The molecule has 0 atom stereocenters. The van der Waals surface area contributed by atoms with Crippen molar-refractivity contribution >= 4 is 29.4 Å². The van der Waals surface area contributed by atoms with Gasteiger partial charge < -0.3 is 5.32 Å². The first-order valence-corrected chi connectivity index (χ1v) is 15.2. The molecule has 0 radical (unpaired) electrons. The number of alkyl halides is 3. The number of fused-ring (bicyclic) bond motifs is 2. The average Bonchev–Trinajstić information content (AvgIpc) is 3.37. The molecular weight excluding hydrogens is 613 g/mol. The van der Waals surface area contributed by atoms with Crippen LogP contribution in [-0.2, 0) is 18.1 Å². The molecule has 234 valence electrons. The minimum absolute atomic E-state index is 0.194. The lowest BCUT2D eigenvalue weighted by Gasteiger charge is -2.39. The number of pyridine rings is 2. The summed E-state index contributed by atoms with van der Waals surface area (Å²) in [7, 11) is 0. The van der Waals surface area contributed by atoms with Gasteiger partial charge in [0.15, 0.2) is 0 Å². The van der Waals surface area contributed by atoms with Gasteiger partial charge in [-0.25, -0.2) is 14.8 Å². The molecule has 11 heteroatoms. The first kappa shape index (κ1) is 31.3. The van der Waals surface area contributed by atoms with Crippen molar-refractivity contribution in [3.05, 3.63) is 118 Å². The molecule has 46 heavy (non-hydrogen) atoms. The third-order valence-corrected chi connectivity index (χ3v) is 8.94. The highest BCUT2D eigenvalue weighted by molar-refractivity contribution is 6.29. The lowest BCUT2D eigenvalue weighted by atomic mass is 9.73. The molecular formula is C35H30ClF3N6O. The van der Waals surface area contributed by atoms with Crippen LogP contribution in [0.5, 0.6) is 0 Å². The van der Waals surface area contributed by atoms with E-state index < -0.39 is 11.7 Å². The number of rotatable bonds is 6. The number of aromatic nitrogens is 2. The molecule has 2 aromatic heterocycles. The van der Waals surface area contributed by atoms with Gasteiger partial charge in [0.1, 0.15) is 16.9 Å². The second-order valence-corrected chi connectivity index (χ2v) is 12.0. The molecule has 7 nitrogen and oxygen atoms in total. The molecule has 1 fully saturated rings. The van der Waals surface area contributed by atoms with Crippen molar-refractivity contribution in [2.75, 3.05) is 31.1 Å². The summed E-state index contributed by atoms with van der Waals surface area (Å²) in [6, 6.07) is 20.2. The summed E-state index contributed by atoms with van der Waals surface area (Å²) >= 11 is 6.03. The number of piperidine rings is 1. The van der Waals surface area contributed by atoms with Crippen LogP contribution in [0.25, 0.3) is 17.2 Å². The van der Waals surface area contributed by atoms with Gasteiger partial charge in [0.2, 0.25) is 0 Å². The molecule has 1 N–H and O–H groups in total. The highest BCUT2D eigenvalue weighted by Crippen LogP contribution is 2.48. The van der Waals surface area contributed by atoms with E-state index in [4.69, 9.17) is 16.9 Å². The number of nitrogens with zero attached hydrogens (tertiary/aromatic N) is 5. The lowest BCUT2D eigenvalue weighted by molar-refractivity contribution is -0.137. The predicted molar refractivity (Wildman–Crippen MR) is 171 cm³/mol. The zero-order valence-electron chi connectivity index (χ0n) is 24.8. The highest BCUT2D eigenvalue weighted by atomic mass is 35.5. The third-order valence-electron chi connectivity index (χ3n) is 8.74. The van der Waals surface area contributed by atoms with Gasteiger partial charge in [-0.2, -0.15) is 18.4 Å². The van der Waals surface area contributed by atoms with Gasteiger partial charge in [-0.15, -0.1) is 0 Å². The number of carbonyl (C=O) groups is 1. The number of likely N-dealkylation sites (tertiary alicyclic amines) is 1. The van der Waals surface area contributed by atoms with Crippen LogP contribution in [0.4, 0.5) is 23.7 Å². The fourth-order valence-corrected chi connectivity index (χ4v) is 6.40. The van der Waals surface area contributed by atoms with Crippen molar-refractivity contribution < 1.29 is 18.0 Å². The van der Waals surface area contributed by atoms with Crippen molar-refractivity contribution in [2.24, 2.45) is 0 Å². The number of benzene rings is 2. The van der Waals surface area contributed by atoms with Gasteiger partial charge in [-0.1, -0.05) is 42.0 Å². The number of amides is 2. The normalized spacial score (nSPS) is 16.0. The summed E-state index contributed by atoms with van der Waals surface area (Å²) in [5.41, 5.74) is 4.82. The van der Waals surface area contributed by atoms with Crippen molar-refractivity contribution in [1.29, 1.82) is 5.26 Å². The number of anilines is 1. The Morgan fingerprint density at radius 1 is 1.02 bits per heavy atom. The minimum Gasteiger partial charge on any atom is -0.334 e. The van der Waals surface area contributed by atoms with Gasteiger partial charge in [0.25, 0.3) is 0 Å². The van der Waals surface area contributed by atoms with Crippen LogP contribution in [0.1, 0.15) is 40.8 Å². The molecule has 2 aromatic carbocycles. The number of hydrogen-bond acceptors (Lipinski definition) is 5. The first-order valence-electron chi connectivity index (χ1n) is 14.9.